The molecule has 0 bridgehead atoms. The van der Waals surface area contributed by atoms with Gasteiger partial charge in [-0.1, -0.05) is 54.1 Å². The van der Waals surface area contributed by atoms with Gasteiger partial charge in [0.25, 0.3) is 5.91 Å². The van der Waals surface area contributed by atoms with Gasteiger partial charge in [-0.05, 0) is 57.4 Å². The van der Waals surface area contributed by atoms with E-state index in [2.05, 4.69) is 21.2 Å². The van der Waals surface area contributed by atoms with Crippen LogP contribution < -0.4 is 14.8 Å². The number of benzene rings is 3. The molecule has 3 aromatic rings. The van der Waals surface area contributed by atoms with E-state index in [0.29, 0.717) is 27.4 Å². The van der Waals surface area contributed by atoms with Crippen LogP contribution in [-0.2, 0) is 22.6 Å². The quantitative estimate of drug-likeness (QED) is 0.394. The molecule has 2 amide bonds. The Morgan fingerprint density at radius 1 is 1.03 bits per heavy atom. The molecule has 0 fully saturated rings. The molecule has 0 unspecified atom stereocenters. The van der Waals surface area contributed by atoms with Gasteiger partial charge in [-0.2, -0.15) is 0 Å². The predicted molar refractivity (Wildman–Crippen MR) is 136 cm³/mol. The zero-order chi connectivity index (χ0) is 24.5. The summed E-state index contributed by atoms with van der Waals surface area (Å²) in [4.78, 5) is 27.9. The Balaban J connectivity index is 1.89. The molecule has 0 saturated carbocycles. The number of methoxy groups -OCH3 is 1. The topological polar surface area (TPSA) is 67.9 Å². The molecule has 1 N–H and O–H groups in total. The number of carbonyl (C=O) groups excluding carboxylic acids is 2. The summed E-state index contributed by atoms with van der Waals surface area (Å²) in [5.74, 6) is 0.575. The number of nitrogens with one attached hydrogen (secondary N) is 1. The van der Waals surface area contributed by atoms with Crippen LogP contribution in [-0.4, -0.2) is 43.5 Å². The highest BCUT2D eigenvalue weighted by Crippen LogP contribution is 2.28. The number of amides is 2. The molecular formula is C26H26BrClN2O4. The average molecular weight is 546 g/mol. The van der Waals surface area contributed by atoms with E-state index in [1.807, 2.05) is 54.6 Å². The summed E-state index contributed by atoms with van der Waals surface area (Å²) in [7, 11) is 3.15. The van der Waals surface area contributed by atoms with Gasteiger partial charge in [-0.15, -0.1) is 0 Å². The van der Waals surface area contributed by atoms with Crippen molar-refractivity contribution in [3.63, 3.8) is 0 Å². The molecule has 0 aliphatic heterocycles. The molecule has 1 atom stereocenters. The van der Waals surface area contributed by atoms with Gasteiger partial charge in [0.15, 0.2) is 6.61 Å². The minimum atomic E-state index is -0.733. The first-order valence-electron chi connectivity index (χ1n) is 10.7. The molecule has 0 aliphatic rings. The fourth-order valence-electron chi connectivity index (χ4n) is 3.50. The number of ether oxygens (including phenoxy) is 2. The summed E-state index contributed by atoms with van der Waals surface area (Å²) in [6.07, 6.45) is 0.362. The Hall–Kier alpha value is -3.03. The molecule has 6 nitrogen and oxygen atoms in total. The number of nitrogens with zero attached hydrogens (tertiary/aromatic N) is 1. The van der Waals surface area contributed by atoms with Gasteiger partial charge >= 0.3 is 0 Å². The van der Waals surface area contributed by atoms with E-state index in [-0.39, 0.29) is 25.0 Å². The van der Waals surface area contributed by atoms with Crippen molar-refractivity contribution in [2.75, 3.05) is 20.8 Å². The standard InChI is InChI=1S/C26H26BrClN2O4/c1-29-26(32)23(14-18-7-4-3-5-8-18)30(16-19-9-6-10-21(13-19)33-2)25(31)17-34-24-12-11-20(28)15-22(24)27/h3-13,15,23H,14,16-17H2,1-2H3,(H,29,32)/t23-/m1/s1. The van der Waals surface area contributed by atoms with Crippen LogP contribution in [0.1, 0.15) is 11.1 Å². The molecule has 0 spiro atoms. The lowest BCUT2D eigenvalue weighted by molar-refractivity contribution is -0.142. The number of hydrogen-bond donors (Lipinski definition) is 1. The fourth-order valence-corrected chi connectivity index (χ4v) is 4.30. The summed E-state index contributed by atoms with van der Waals surface area (Å²) >= 11 is 9.40. The maximum atomic E-state index is 13.5. The zero-order valence-electron chi connectivity index (χ0n) is 19.0. The highest BCUT2D eigenvalue weighted by Gasteiger charge is 2.30. The van der Waals surface area contributed by atoms with Crippen LogP contribution in [0.5, 0.6) is 11.5 Å². The molecule has 0 radical (unpaired) electrons. The van der Waals surface area contributed by atoms with Gasteiger partial charge in [0, 0.05) is 25.0 Å². The third-order valence-corrected chi connectivity index (χ3v) is 6.10. The first-order chi connectivity index (χ1) is 16.4. The third-order valence-electron chi connectivity index (χ3n) is 5.25. The molecule has 8 heteroatoms. The Morgan fingerprint density at radius 2 is 1.76 bits per heavy atom. The van der Waals surface area contributed by atoms with Gasteiger partial charge in [0.1, 0.15) is 17.5 Å². The number of hydrogen-bond acceptors (Lipinski definition) is 4. The van der Waals surface area contributed by atoms with Gasteiger partial charge in [0.2, 0.25) is 5.91 Å². The van der Waals surface area contributed by atoms with Crippen molar-refractivity contribution in [2.45, 2.75) is 19.0 Å². The second kappa shape index (κ2) is 12.4. The predicted octanol–water partition coefficient (Wildman–Crippen LogP) is 4.88. The van der Waals surface area contributed by atoms with E-state index in [1.54, 1.807) is 37.3 Å². The van der Waals surface area contributed by atoms with E-state index in [1.165, 1.54) is 0 Å². The van der Waals surface area contributed by atoms with Crippen molar-refractivity contribution in [3.05, 3.63) is 93.4 Å². The summed E-state index contributed by atoms with van der Waals surface area (Å²) in [5, 5.41) is 3.25. The summed E-state index contributed by atoms with van der Waals surface area (Å²) in [6.45, 7) is -0.0292. The Kier molecular flexibility index (Phi) is 9.36. The highest BCUT2D eigenvalue weighted by atomic mass is 79.9. The normalized spacial score (nSPS) is 11.4. The van der Waals surface area contributed by atoms with Gasteiger partial charge in [-0.3, -0.25) is 9.59 Å². The van der Waals surface area contributed by atoms with E-state index in [0.717, 1.165) is 11.1 Å². The van der Waals surface area contributed by atoms with Crippen LogP contribution in [0.25, 0.3) is 0 Å². The van der Waals surface area contributed by atoms with E-state index in [4.69, 9.17) is 21.1 Å². The van der Waals surface area contributed by atoms with Crippen molar-refractivity contribution in [2.24, 2.45) is 0 Å². The minimum Gasteiger partial charge on any atom is -0.497 e. The second-order valence-corrected chi connectivity index (χ2v) is 8.85. The van der Waals surface area contributed by atoms with Crippen LogP contribution in [0.2, 0.25) is 5.02 Å². The van der Waals surface area contributed by atoms with Crippen molar-refractivity contribution < 1.29 is 19.1 Å². The number of likely N-dealkylation sites (N-methyl/N-ethyl adjacent to an activating group) is 1. The zero-order valence-corrected chi connectivity index (χ0v) is 21.3. The second-order valence-electron chi connectivity index (χ2n) is 7.56. The SMILES string of the molecule is CNC(=O)[C@@H](Cc1ccccc1)N(Cc1cccc(OC)c1)C(=O)COc1ccc(Cl)cc1Br. The first-order valence-corrected chi connectivity index (χ1v) is 11.8. The van der Waals surface area contributed by atoms with E-state index >= 15 is 0 Å². The Labute approximate surface area is 212 Å². The molecule has 0 aromatic heterocycles. The third kappa shape index (κ3) is 6.98. The van der Waals surface area contributed by atoms with E-state index < -0.39 is 6.04 Å². The van der Waals surface area contributed by atoms with Crippen LogP contribution >= 0.6 is 27.5 Å². The minimum absolute atomic E-state index is 0.214. The lowest BCUT2D eigenvalue weighted by atomic mass is 10.0. The number of halogens is 2. The monoisotopic (exact) mass is 544 g/mol. The Morgan fingerprint density at radius 3 is 2.44 bits per heavy atom. The van der Waals surface area contributed by atoms with Crippen LogP contribution in [0.3, 0.4) is 0 Å². The Bertz CT molecular complexity index is 1130. The summed E-state index contributed by atoms with van der Waals surface area (Å²) in [5.41, 5.74) is 1.78. The number of carbonyl (C=O) groups is 2. The van der Waals surface area contributed by atoms with Crippen molar-refractivity contribution in [1.29, 1.82) is 0 Å². The summed E-state index contributed by atoms with van der Waals surface area (Å²) < 4.78 is 11.7. The molecule has 0 heterocycles. The smallest absolute Gasteiger partial charge is 0.261 e. The van der Waals surface area contributed by atoms with Crippen LogP contribution in [0, 0.1) is 0 Å². The van der Waals surface area contributed by atoms with Gasteiger partial charge < -0.3 is 19.7 Å². The van der Waals surface area contributed by atoms with Crippen molar-refractivity contribution in [3.8, 4) is 11.5 Å². The molecule has 3 rings (SSSR count). The summed E-state index contributed by atoms with van der Waals surface area (Å²) in [6, 6.07) is 21.4. The highest BCUT2D eigenvalue weighted by molar-refractivity contribution is 9.10. The lowest BCUT2D eigenvalue weighted by Gasteiger charge is -2.31. The lowest BCUT2D eigenvalue weighted by Crippen LogP contribution is -2.51. The maximum absolute atomic E-state index is 13.5. The maximum Gasteiger partial charge on any atom is 0.261 e. The largest absolute Gasteiger partial charge is 0.497 e. The average Bonchev–Trinajstić information content (AvgIpc) is 2.85. The van der Waals surface area contributed by atoms with Crippen LogP contribution in [0.15, 0.2) is 77.3 Å². The molecule has 34 heavy (non-hydrogen) atoms. The number of rotatable bonds is 10. The molecule has 0 saturated heterocycles. The van der Waals surface area contributed by atoms with Crippen molar-refractivity contribution in [1.82, 2.24) is 10.2 Å². The molecule has 3 aromatic carbocycles. The van der Waals surface area contributed by atoms with Crippen LogP contribution in [0.4, 0.5) is 0 Å². The fraction of sp³-hybridized carbons (Fsp3) is 0.231. The van der Waals surface area contributed by atoms with Gasteiger partial charge in [0.05, 0.1) is 11.6 Å². The van der Waals surface area contributed by atoms with Gasteiger partial charge in [-0.25, -0.2) is 0 Å². The molecular weight excluding hydrogens is 520 g/mol. The first kappa shape index (κ1) is 25.6. The molecule has 178 valence electrons. The molecule has 0 aliphatic carbocycles. The van der Waals surface area contributed by atoms with Crippen molar-refractivity contribution >= 4 is 39.3 Å². The van der Waals surface area contributed by atoms with E-state index in [9.17, 15) is 9.59 Å².